The molecule has 3 atom stereocenters. The van der Waals surface area contributed by atoms with Crippen LogP contribution in [0.15, 0.2) is 116 Å². The van der Waals surface area contributed by atoms with Gasteiger partial charge in [0.15, 0.2) is 55.9 Å². The zero-order chi connectivity index (χ0) is 89.1. The van der Waals surface area contributed by atoms with E-state index in [1.165, 1.54) is 4.90 Å². The van der Waals surface area contributed by atoms with Crippen LogP contribution in [-0.2, 0) is 0 Å². The van der Waals surface area contributed by atoms with Crippen LogP contribution in [0.4, 0.5) is 103 Å². The van der Waals surface area contributed by atoms with Gasteiger partial charge in [-0.25, -0.2) is 49.9 Å². The molecule has 13 N–H and O–H groups in total. The Kier molecular flexibility index (Phi) is 29.3. The van der Waals surface area contributed by atoms with Crippen LogP contribution in [-0.4, -0.2) is 212 Å². The van der Waals surface area contributed by atoms with Gasteiger partial charge in [-0.1, -0.05) is 57.8 Å². The highest BCUT2D eigenvalue weighted by atomic mass is 35.5. The number of aromatic nitrogens is 10. The van der Waals surface area contributed by atoms with Crippen LogP contribution in [0.1, 0.15) is 74.6 Å². The van der Waals surface area contributed by atoms with Crippen LogP contribution in [0, 0.1) is 27.7 Å². The first kappa shape index (κ1) is 90.8. The number of hydrogen-bond donors (Lipinski definition) is 13. The molecule has 0 radical (unpaired) electrons. The maximum Gasteiger partial charge on any atom is 0.279 e. The van der Waals surface area contributed by atoms with E-state index in [0.717, 1.165) is 137 Å². The van der Waals surface area contributed by atoms with Crippen molar-refractivity contribution in [3.63, 3.8) is 0 Å². The maximum absolute atomic E-state index is 12.4. The third-order valence-corrected chi connectivity index (χ3v) is 20.6. The molecule has 5 aromatic heterocycles. The lowest BCUT2D eigenvalue weighted by Crippen LogP contribution is -2.48. The van der Waals surface area contributed by atoms with Crippen molar-refractivity contribution in [2.75, 3.05) is 148 Å². The van der Waals surface area contributed by atoms with Crippen molar-refractivity contribution >= 4 is 148 Å². The van der Waals surface area contributed by atoms with E-state index in [0.29, 0.717) is 104 Å². The van der Waals surface area contributed by atoms with Gasteiger partial charge in [0.1, 0.15) is 51.5 Å². The maximum atomic E-state index is 12.4. The summed E-state index contributed by atoms with van der Waals surface area (Å²) < 4.78 is 5.43. The Labute approximate surface area is 711 Å². The van der Waals surface area contributed by atoms with Gasteiger partial charge in [-0.05, 0) is 164 Å². The third kappa shape index (κ3) is 20.8. The van der Waals surface area contributed by atoms with E-state index in [4.69, 9.17) is 26.6 Å². The standard InChI is InChI=1S/C20H28N6O.C19H25N5O2.C17H19ClN4O5.C17H21N5O2.C13H12N4O2/c1-6-7-9-26-17-12-15(21-8-10-25(4)5)13(2)11-16(17)24-18-19(26)22-14(3)23-20(18)27;1-12-10-14-16(11-15(12)23(3)4)24(8-6-5-7-9-25)18-17(22-14)19(26)21-13(2)20-18;1-7-3-10-11(4-9(7)18)22(5-12(24)15(26)13(25)6-23)16-14(21-10)17(27)20-8(2)19-16;1-10-8-12-14(9-13(10)21(3)4)22(6-5-7-23)16-15(20-12)17(24)19-11(2)18-16;1-3-19-8-4-5-9-10(6-8)17-12-11(16-9)13(18)15-7(2)14-12/h11-12,21H,3,6-10H2,1-2,4-5H3,(H,23,27);10-11,25H,2,5-9H2,1,3-4H3,(H,21,26);3-4,12-13,15,23-26H,2,5-6H2,1H3,(H,20,27);8-9,23H,2,5-7H2,1,3-4H3,(H,19,24);4-6H,2-3H2,1H3,(H,14,17)(H,15,18)/t;;12-,13+,15-;;/m..0../s1. The molecule has 0 unspecified atom stereocenters. The van der Waals surface area contributed by atoms with Crippen molar-refractivity contribution in [2.45, 2.75) is 98.4 Å². The van der Waals surface area contributed by atoms with Gasteiger partial charge >= 0.3 is 0 Å². The number of halogens is 1. The van der Waals surface area contributed by atoms with E-state index < -0.39 is 30.5 Å². The number of anilines is 13. The Bertz CT molecular complexity index is 6610. The normalized spacial score (nSPS) is 13.2. The fraction of sp³-hybridized carbons (Fsp3) is 0.360. The van der Waals surface area contributed by atoms with Crippen molar-refractivity contribution in [3.8, 4) is 5.75 Å². The lowest BCUT2D eigenvalue weighted by molar-refractivity contribution is -0.0726. The number of rotatable bonds is 24. The van der Waals surface area contributed by atoms with Gasteiger partial charge in [0.2, 0.25) is 0 Å². The highest BCUT2D eigenvalue weighted by Crippen LogP contribution is 2.44. The molecule has 15 rings (SSSR count). The molecular weight excluding hydrogens is 1600 g/mol. The number of nitrogens with one attached hydrogen (secondary N) is 7. The van der Waals surface area contributed by atoms with Gasteiger partial charge in [-0.2, -0.15) is 0 Å². The number of aromatic amines is 5. The predicted molar refractivity (Wildman–Crippen MR) is 481 cm³/mol. The summed E-state index contributed by atoms with van der Waals surface area (Å²) in [7, 11) is 12.1. The van der Waals surface area contributed by atoms with Crippen molar-refractivity contribution in [1.29, 1.82) is 0 Å². The monoisotopic (exact) mass is 1700 g/mol. The lowest BCUT2D eigenvalue weighted by Gasteiger charge is -2.32. The van der Waals surface area contributed by atoms with Crippen LogP contribution in [0.3, 0.4) is 0 Å². The fourth-order valence-corrected chi connectivity index (χ4v) is 14.3. The first-order valence-corrected chi connectivity index (χ1v) is 40.4. The van der Waals surface area contributed by atoms with Gasteiger partial charge in [0.25, 0.3) is 27.8 Å². The predicted octanol–water partition coefficient (Wildman–Crippen LogP) is 2.33. The Morgan fingerprint density at radius 2 is 0.886 bits per heavy atom. The average molecular weight is 1700 g/mol. The van der Waals surface area contributed by atoms with Crippen molar-refractivity contribution < 1.29 is 35.4 Å². The van der Waals surface area contributed by atoms with Crippen molar-refractivity contribution in [1.82, 2.24) is 54.7 Å². The van der Waals surface area contributed by atoms with Crippen LogP contribution in [0.2, 0.25) is 5.02 Å². The minimum atomic E-state index is -1.61. The van der Waals surface area contributed by atoms with Crippen LogP contribution in [0.5, 0.6) is 5.75 Å². The zero-order valence-electron chi connectivity index (χ0n) is 71.0. The topological polar surface area (TPSA) is 468 Å². The van der Waals surface area contributed by atoms with Crippen LogP contribution < -0.4 is 127 Å². The van der Waals surface area contributed by atoms with Gasteiger partial charge in [0, 0.05) is 102 Å². The number of β-amino-alcohol motifs (C(OH)–C–C–N with tert-alkyl or cyclic N) is 1. The number of unbranched alkanes of at least 4 members (excludes halogenated alkanes) is 3. The fourth-order valence-electron chi connectivity index (χ4n) is 14.1. The lowest BCUT2D eigenvalue weighted by atomic mass is 10.1. The molecule has 0 saturated heterocycles. The van der Waals surface area contributed by atoms with E-state index in [1.807, 2.05) is 100 Å². The molecule has 0 aliphatic carbocycles. The first-order valence-electron chi connectivity index (χ1n) is 40.0. The molecule has 5 aromatic carbocycles. The summed E-state index contributed by atoms with van der Waals surface area (Å²) in [6.07, 6.45) is 0.570. The van der Waals surface area contributed by atoms with Gasteiger partial charge in [0.05, 0.1) is 76.6 Å². The summed E-state index contributed by atoms with van der Waals surface area (Å²) in [6, 6.07) is 21.0. The summed E-state index contributed by atoms with van der Waals surface area (Å²) >= 11 is 6.22. The number of benzene rings is 5. The largest absolute Gasteiger partial charge is 0.494 e. The molecule has 5 aliphatic rings. The molecule has 0 spiro atoms. The minimum Gasteiger partial charge on any atom is -0.494 e. The van der Waals surface area contributed by atoms with E-state index in [2.05, 4.69) is 173 Å². The number of aryl methyl sites for hydroxylation is 4. The average Bonchev–Trinajstić information content (AvgIpc) is 0.773. The third-order valence-electron chi connectivity index (χ3n) is 20.2. The van der Waals surface area contributed by atoms with Crippen LogP contribution in [0.25, 0.3) is 32.9 Å². The Morgan fingerprint density at radius 3 is 1.33 bits per heavy atom. The van der Waals surface area contributed by atoms with Crippen LogP contribution >= 0.6 is 11.6 Å². The molecule has 123 heavy (non-hydrogen) atoms. The molecular formula is C86H105ClN24O12. The molecule has 0 bridgehead atoms. The van der Waals surface area contributed by atoms with Gasteiger partial charge in [-0.15, -0.1) is 0 Å². The molecule has 5 aliphatic heterocycles. The molecule has 37 heteroatoms. The summed E-state index contributed by atoms with van der Waals surface area (Å²) in [5, 5.41) is 65.4. The number of H-pyrrole nitrogens is 5. The quantitative estimate of drug-likeness (QED) is 0.0386. The summed E-state index contributed by atoms with van der Waals surface area (Å²) in [5.41, 5.74) is 14.5. The van der Waals surface area contributed by atoms with E-state index >= 15 is 0 Å². The second-order valence-corrected chi connectivity index (χ2v) is 30.8. The molecule has 10 aromatic rings. The summed E-state index contributed by atoms with van der Waals surface area (Å²) in [4.78, 5) is 132. The number of aliphatic hydroxyl groups excluding tert-OH is 6. The van der Waals surface area contributed by atoms with E-state index in [9.17, 15) is 44.4 Å². The molecule has 10 heterocycles. The minimum absolute atomic E-state index is 0.0287. The number of nitrogens with zero attached hydrogens (tertiary/aromatic N) is 17. The number of likely N-dealkylation sites (N-methyl/N-ethyl adjacent to an activating group) is 1. The number of hydrogen-bond acceptors (Lipinski definition) is 31. The summed E-state index contributed by atoms with van der Waals surface area (Å²) in [6.45, 7) is 34.2. The molecule has 36 nitrogen and oxygen atoms in total. The number of fused-ring (bicyclic) bond motifs is 10. The second kappa shape index (κ2) is 39.7. The first-order chi connectivity index (χ1) is 58.6. The number of aliphatic hydroxyl groups is 6. The van der Waals surface area contributed by atoms with Gasteiger partial charge < -0.3 is 105 Å². The molecule has 0 amide bonds. The Hall–Kier alpha value is -12.9. The highest BCUT2D eigenvalue weighted by Gasteiger charge is 2.33. The van der Waals surface area contributed by atoms with E-state index in [-0.39, 0.29) is 69.4 Å². The molecule has 648 valence electrons. The molecule has 0 saturated carbocycles. The number of ether oxygens (including phenoxy) is 1. The summed E-state index contributed by atoms with van der Waals surface area (Å²) in [5.74, 6) is 2.91. The van der Waals surface area contributed by atoms with E-state index in [1.54, 1.807) is 25.1 Å². The smallest absolute Gasteiger partial charge is 0.279 e. The van der Waals surface area contributed by atoms with Crippen molar-refractivity contribution in [3.05, 3.63) is 200 Å². The van der Waals surface area contributed by atoms with Gasteiger partial charge in [-0.3, -0.25) is 24.0 Å². The second-order valence-electron chi connectivity index (χ2n) is 30.4. The SMILES string of the molecule is C=c1nc2c(c(=O)[nH]1)=Nc1cc(C)c(Cl)cc1N2C[C@H](O)[C@H](O)[C@H](O)CO.C=c1nc2c(c(=O)[nH]1)=Nc1cc(C)c(N(C)C)cc1N2CCCCCO.C=c1nc2c(c(=O)[nH]1)=Nc1cc(C)c(N(C)C)cc1N2CCCO.C=c1nc2c(c(=O)[nH]1)=Nc1cc(C)c(NCCN(C)C)cc1N2CCCC.C=c1nc2c(c(=O)[nH]1)=Nc1ccc(OCC)cc1N2. The molecule has 0 fully saturated rings. The zero-order valence-corrected chi connectivity index (χ0v) is 71.8. The Morgan fingerprint density at radius 1 is 0.472 bits per heavy atom. The Balaban J connectivity index is 0.000000150. The van der Waals surface area contributed by atoms with Crippen molar-refractivity contribution in [2.24, 2.45) is 25.0 Å². The highest BCUT2D eigenvalue weighted by molar-refractivity contribution is 6.31.